The van der Waals surface area contributed by atoms with Gasteiger partial charge < -0.3 is 15.0 Å². The first-order valence-corrected chi connectivity index (χ1v) is 10.4. The lowest BCUT2D eigenvalue weighted by atomic mass is 9.99. The second-order valence-corrected chi connectivity index (χ2v) is 7.63. The number of carbonyl (C=O) groups is 2. The molecule has 1 aliphatic heterocycles. The van der Waals surface area contributed by atoms with Crippen molar-refractivity contribution in [2.75, 3.05) is 18.1 Å². The number of nitrogens with one attached hydrogen (secondary N) is 1. The van der Waals surface area contributed by atoms with Crippen LogP contribution in [0.5, 0.6) is 5.75 Å². The normalized spacial score (nSPS) is 17.2. The van der Waals surface area contributed by atoms with Gasteiger partial charge in [0.25, 0.3) is 0 Å². The van der Waals surface area contributed by atoms with Gasteiger partial charge in [0.1, 0.15) is 5.75 Å². The van der Waals surface area contributed by atoms with Crippen molar-refractivity contribution >= 4 is 28.3 Å². The highest BCUT2D eigenvalue weighted by Gasteiger charge is 2.35. The SMILES string of the molecule is CCOc1ccc(N2CC(C(=O)NC(C)c3cccc4ccccc34)CC2=O)cc1. The summed E-state index contributed by atoms with van der Waals surface area (Å²) < 4.78 is 5.46. The van der Waals surface area contributed by atoms with Gasteiger partial charge in [0.2, 0.25) is 11.8 Å². The fourth-order valence-electron chi connectivity index (χ4n) is 4.06. The first-order valence-electron chi connectivity index (χ1n) is 10.4. The lowest BCUT2D eigenvalue weighted by Crippen LogP contribution is -2.34. The van der Waals surface area contributed by atoms with Crippen LogP contribution in [0, 0.1) is 5.92 Å². The third kappa shape index (κ3) is 4.01. The summed E-state index contributed by atoms with van der Waals surface area (Å²) in [7, 11) is 0. The Labute approximate surface area is 176 Å². The molecule has 1 aliphatic rings. The highest BCUT2D eigenvalue weighted by Crippen LogP contribution is 2.28. The summed E-state index contributed by atoms with van der Waals surface area (Å²) in [6.07, 6.45) is 0.224. The molecule has 1 saturated heterocycles. The van der Waals surface area contributed by atoms with Gasteiger partial charge in [0.15, 0.2) is 0 Å². The van der Waals surface area contributed by atoms with Gasteiger partial charge in [-0.2, -0.15) is 0 Å². The van der Waals surface area contributed by atoms with Gasteiger partial charge in [-0.05, 0) is 54.4 Å². The molecule has 0 aromatic heterocycles. The van der Waals surface area contributed by atoms with Crippen molar-refractivity contribution in [3.8, 4) is 5.75 Å². The molecule has 3 aromatic carbocycles. The molecule has 3 aromatic rings. The molecule has 1 heterocycles. The van der Waals surface area contributed by atoms with Gasteiger partial charge in [-0.3, -0.25) is 9.59 Å². The molecular weight excluding hydrogens is 376 g/mol. The van der Waals surface area contributed by atoms with E-state index in [0.717, 1.165) is 27.8 Å². The largest absolute Gasteiger partial charge is 0.494 e. The first kappa shape index (κ1) is 20.0. The number of amides is 2. The van der Waals surface area contributed by atoms with E-state index in [1.54, 1.807) is 4.90 Å². The van der Waals surface area contributed by atoms with Crippen LogP contribution in [0.25, 0.3) is 10.8 Å². The maximum absolute atomic E-state index is 12.9. The van der Waals surface area contributed by atoms with Gasteiger partial charge in [-0.25, -0.2) is 0 Å². The minimum absolute atomic E-state index is 0.0304. The second kappa shape index (κ2) is 8.57. The van der Waals surface area contributed by atoms with E-state index in [4.69, 9.17) is 4.74 Å². The highest BCUT2D eigenvalue weighted by atomic mass is 16.5. The summed E-state index contributed by atoms with van der Waals surface area (Å²) in [5.41, 5.74) is 1.87. The fourth-order valence-corrected chi connectivity index (χ4v) is 4.06. The summed E-state index contributed by atoms with van der Waals surface area (Å²) in [5, 5.41) is 5.39. The molecule has 0 saturated carbocycles. The topological polar surface area (TPSA) is 58.6 Å². The van der Waals surface area contributed by atoms with Crippen molar-refractivity contribution < 1.29 is 14.3 Å². The van der Waals surface area contributed by atoms with E-state index in [2.05, 4.69) is 23.5 Å². The number of nitrogens with zero attached hydrogens (tertiary/aromatic N) is 1. The van der Waals surface area contributed by atoms with Crippen LogP contribution in [0.15, 0.2) is 66.7 Å². The Morgan fingerprint density at radius 1 is 1.10 bits per heavy atom. The Morgan fingerprint density at radius 3 is 2.60 bits per heavy atom. The van der Waals surface area contributed by atoms with Crippen LogP contribution >= 0.6 is 0 Å². The predicted octanol–water partition coefficient (Wildman–Crippen LogP) is 4.47. The molecule has 1 N–H and O–H groups in total. The molecule has 30 heavy (non-hydrogen) atoms. The number of ether oxygens (including phenoxy) is 1. The first-order chi connectivity index (χ1) is 14.6. The third-order valence-electron chi connectivity index (χ3n) is 5.60. The smallest absolute Gasteiger partial charge is 0.227 e. The minimum Gasteiger partial charge on any atom is -0.494 e. The van der Waals surface area contributed by atoms with Crippen LogP contribution in [-0.2, 0) is 9.59 Å². The van der Waals surface area contributed by atoms with E-state index in [1.165, 1.54) is 0 Å². The van der Waals surface area contributed by atoms with Crippen LogP contribution in [0.4, 0.5) is 5.69 Å². The van der Waals surface area contributed by atoms with Crippen molar-refractivity contribution in [1.82, 2.24) is 5.32 Å². The highest BCUT2D eigenvalue weighted by molar-refractivity contribution is 6.00. The van der Waals surface area contributed by atoms with E-state index >= 15 is 0 Å². The summed E-state index contributed by atoms with van der Waals surface area (Å²) in [4.78, 5) is 27.1. The Bertz CT molecular complexity index is 1060. The van der Waals surface area contributed by atoms with E-state index in [9.17, 15) is 9.59 Å². The monoisotopic (exact) mass is 402 g/mol. The van der Waals surface area contributed by atoms with Crippen LogP contribution in [-0.4, -0.2) is 25.0 Å². The van der Waals surface area contributed by atoms with E-state index < -0.39 is 0 Å². The minimum atomic E-state index is -0.360. The molecule has 1 fully saturated rings. The van der Waals surface area contributed by atoms with Crippen molar-refractivity contribution in [3.63, 3.8) is 0 Å². The number of rotatable bonds is 6. The molecule has 5 nitrogen and oxygen atoms in total. The maximum atomic E-state index is 12.9. The molecule has 0 spiro atoms. The van der Waals surface area contributed by atoms with Crippen LogP contribution in [0.2, 0.25) is 0 Å². The number of fused-ring (bicyclic) bond motifs is 1. The number of anilines is 1. The number of benzene rings is 3. The Morgan fingerprint density at radius 2 is 1.83 bits per heavy atom. The van der Waals surface area contributed by atoms with Crippen LogP contribution in [0.1, 0.15) is 31.9 Å². The molecule has 5 heteroatoms. The Balaban J connectivity index is 1.44. The van der Waals surface area contributed by atoms with E-state index in [-0.39, 0.29) is 30.2 Å². The van der Waals surface area contributed by atoms with Gasteiger partial charge in [-0.15, -0.1) is 0 Å². The molecule has 2 atom stereocenters. The van der Waals surface area contributed by atoms with E-state index in [0.29, 0.717) is 13.2 Å². The molecule has 154 valence electrons. The molecule has 0 radical (unpaired) electrons. The van der Waals surface area contributed by atoms with E-state index in [1.807, 2.05) is 62.4 Å². The third-order valence-corrected chi connectivity index (χ3v) is 5.60. The maximum Gasteiger partial charge on any atom is 0.227 e. The quantitative estimate of drug-likeness (QED) is 0.662. The number of hydrogen-bond donors (Lipinski definition) is 1. The fraction of sp³-hybridized carbons (Fsp3) is 0.280. The summed E-state index contributed by atoms with van der Waals surface area (Å²) in [6, 6.07) is 21.5. The number of carbonyl (C=O) groups excluding carboxylic acids is 2. The Hall–Kier alpha value is -3.34. The molecule has 0 bridgehead atoms. The molecular formula is C25H26N2O3. The lowest BCUT2D eigenvalue weighted by molar-refractivity contribution is -0.126. The van der Waals surface area contributed by atoms with Gasteiger partial charge in [0, 0.05) is 18.7 Å². The Kier molecular flexibility index (Phi) is 5.70. The molecule has 2 unspecified atom stereocenters. The average Bonchev–Trinajstić information content (AvgIpc) is 3.16. The van der Waals surface area contributed by atoms with Gasteiger partial charge >= 0.3 is 0 Å². The zero-order valence-corrected chi connectivity index (χ0v) is 17.3. The zero-order valence-electron chi connectivity index (χ0n) is 17.3. The summed E-state index contributed by atoms with van der Waals surface area (Å²) >= 11 is 0. The van der Waals surface area contributed by atoms with Gasteiger partial charge in [0.05, 0.1) is 18.6 Å². The zero-order chi connectivity index (χ0) is 21.1. The molecule has 0 aliphatic carbocycles. The summed E-state index contributed by atoms with van der Waals surface area (Å²) in [5.74, 6) is 0.293. The van der Waals surface area contributed by atoms with Crippen LogP contribution < -0.4 is 15.0 Å². The average molecular weight is 402 g/mol. The molecule has 4 rings (SSSR count). The van der Waals surface area contributed by atoms with Crippen molar-refractivity contribution in [3.05, 3.63) is 72.3 Å². The predicted molar refractivity (Wildman–Crippen MR) is 119 cm³/mol. The van der Waals surface area contributed by atoms with Crippen molar-refractivity contribution in [2.45, 2.75) is 26.3 Å². The molecule has 2 amide bonds. The standard InChI is InChI=1S/C25H26N2O3/c1-3-30-21-13-11-20(12-14-21)27-16-19(15-24(27)28)25(29)26-17(2)22-10-6-8-18-7-4-5-9-23(18)22/h4-14,17,19H,3,15-16H2,1-2H3,(H,26,29). The number of hydrogen-bond acceptors (Lipinski definition) is 3. The second-order valence-electron chi connectivity index (χ2n) is 7.63. The summed E-state index contributed by atoms with van der Waals surface area (Å²) in [6.45, 7) is 4.90. The van der Waals surface area contributed by atoms with Crippen molar-refractivity contribution in [2.24, 2.45) is 5.92 Å². The van der Waals surface area contributed by atoms with Crippen LogP contribution in [0.3, 0.4) is 0 Å². The van der Waals surface area contributed by atoms with Crippen molar-refractivity contribution in [1.29, 1.82) is 0 Å². The lowest BCUT2D eigenvalue weighted by Gasteiger charge is -2.20. The van der Waals surface area contributed by atoms with Gasteiger partial charge in [-0.1, -0.05) is 42.5 Å².